The summed E-state index contributed by atoms with van der Waals surface area (Å²) in [5.74, 6) is 0.764. The molecule has 0 amide bonds. The van der Waals surface area contributed by atoms with Crippen molar-refractivity contribution in [1.29, 1.82) is 0 Å². The fraction of sp³-hybridized carbons (Fsp3) is 0.333. The number of rotatable bonds is 1. The highest BCUT2D eigenvalue weighted by Crippen LogP contribution is 2.19. The SMILES string of the molecule is COC(=O)OC1=CC(=O)SC1. The Bertz CT molecular complexity index is 221. The van der Waals surface area contributed by atoms with Crippen LogP contribution in [0.2, 0.25) is 0 Å². The Kier molecular flexibility index (Phi) is 2.53. The molecular formula is C6H6O4S. The Balaban J connectivity index is 2.44. The molecule has 60 valence electrons. The average Bonchev–Trinajstić information content (AvgIpc) is 2.35. The van der Waals surface area contributed by atoms with E-state index in [0.29, 0.717) is 11.5 Å². The molecule has 0 saturated carbocycles. The fourth-order valence-corrected chi connectivity index (χ4v) is 1.21. The number of thioether (sulfide) groups is 1. The second-order valence-electron chi connectivity index (χ2n) is 1.77. The first-order valence-electron chi connectivity index (χ1n) is 2.85. The smallest absolute Gasteiger partial charge is 0.437 e. The van der Waals surface area contributed by atoms with Crippen molar-refractivity contribution in [3.05, 3.63) is 11.8 Å². The van der Waals surface area contributed by atoms with Crippen LogP contribution in [0.25, 0.3) is 0 Å². The van der Waals surface area contributed by atoms with Crippen LogP contribution >= 0.6 is 11.8 Å². The molecule has 0 saturated heterocycles. The van der Waals surface area contributed by atoms with Gasteiger partial charge in [-0.15, -0.1) is 0 Å². The minimum Gasteiger partial charge on any atom is -0.437 e. The van der Waals surface area contributed by atoms with Crippen LogP contribution in [0.5, 0.6) is 0 Å². The van der Waals surface area contributed by atoms with Gasteiger partial charge >= 0.3 is 6.16 Å². The number of hydrogen-bond acceptors (Lipinski definition) is 5. The van der Waals surface area contributed by atoms with Crippen molar-refractivity contribution in [2.45, 2.75) is 0 Å². The van der Waals surface area contributed by atoms with E-state index in [4.69, 9.17) is 0 Å². The third-order valence-corrected chi connectivity index (χ3v) is 1.85. The predicted molar refractivity (Wildman–Crippen MR) is 39.0 cm³/mol. The molecule has 0 aromatic heterocycles. The first-order valence-corrected chi connectivity index (χ1v) is 3.84. The van der Waals surface area contributed by atoms with Gasteiger partial charge in [0.2, 0.25) is 5.12 Å². The van der Waals surface area contributed by atoms with Gasteiger partial charge in [-0.1, -0.05) is 11.8 Å². The van der Waals surface area contributed by atoms with Gasteiger partial charge in [0.15, 0.2) is 0 Å². The lowest BCUT2D eigenvalue weighted by molar-refractivity contribution is -0.106. The van der Waals surface area contributed by atoms with E-state index < -0.39 is 6.16 Å². The van der Waals surface area contributed by atoms with Crippen LogP contribution in [0.15, 0.2) is 11.8 Å². The maximum atomic E-state index is 10.6. The van der Waals surface area contributed by atoms with Crippen LogP contribution in [0.1, 0.15) is 0 Å². The van der Waals surface area contributed by atoms with E-state index in [2.05, 4.69) is 9.47 Å². The highest BCUT2D eigenvalue weighted by atomic mass is 32.2. The summed E-state index contributed by atoms with van der Waals surface area (Å²) in [6.45, 7) is 0. The summed E-state index contributed by atoms with van der Waals surface area (Å²) in [5, 5.41) is -0.0936. The quantitative estimate of drug-likeness (QED) is 0.553. The van der Waals surface area contributed by atoms with Crippen molar-refractivity contribution in [3.8, 4) is 0 Å². The molecule has 1 aliphatic rings. The van der Waals surface area contributed by atoms with E-state index in [9.17, 15) is 9.59 Å². The minimum atomic E-state index is -0.786. The molecule has 1 aliphatic heterocycles. The van der Waals surface area contributed by atoms with E-state index in [-0.39, 0.29) is 5.12 Å². The van der Waals surface area contributed by atoms with Gasteiger partial charge in [-0.05, 0) is 0 Å². The summed E-state index contributed by atoms with van der Waals surface area (Å²) in [6, 6.07) is 0. The molecule has 4 nitrogen and oxygen atoms in total. The van der Waals surface area contributed by atoms with Crippen LogP contribution in [-0.4, -0.2) is 24.1 Å². The zero-order valence-electron chi connectivity index (χ0n) is 5.83. The molecule has 0 spiro atoms. The number of methoxy groups -OCH3 is 1. The van der Waals surface area contributed by atoms with Crippen molar-refractivity contribution in [2.75, 3.05) is 12.9 Å². The molecule has 0 aromatic carbocycles. The monoisotopic (exact) mass is 174 g/mol. The molecule has 0 radical (unpaired) electrons. The number of ether oxygens (including phenoxy) is 2. The van der Waals surface area contributed by atoms with Gasteiger partial charge in [-0.3, -0.25) is 4.79 Å². The molecule has 1 rings (SSSR count). The lowest BCUT2D eigenvalue weighted by atomic mass is 10.5. The van der Waals surface area contributed by atoms with Gasteiger partial charge in [-0.2, -0.15) is 0 Å². The summed E-state index contributed by atoms with van der Waals surface area (Å²) >= 11 is 1.09. The molecule has 1 heterocycles. The van der Waals surface area contributed by atoms with Crippen LogP contribution in [0.4, 0.5) is 4.79 Å². The Hall–Kier alpha value is -0.970. The molecule has 0 bridgehead atoms. The van der Waals surface area contributed by atoms with E-state index >= 15 is 0 Å². The number of hydrogen-bond donors (Lipinski definition) is 0. The molecule has 0 N–H and O–H groups in total. The lowest BCUT2D eigenvalue weighted by Gasteiger charge is -1.99. The Morgan fingerprint density at radius 2 is 2.45 bits per heavy atom. The Labute approximate surface area is 67.5 Å². The van der Waals surface area contributed by atoms with Crippen LogP contribution < -0.4 is 0 Å². The highest BCUT2D eigenvalue weighted by Gasteiger charge is 2.16. The van der Waals surface area contributed by atoms with Gasteiger partial charge in [0.25, 0.3) is 0 Å². The van der Waals surface area contributed by atoms with Crippen molar-refractivity contribution < 1.29 is 19.1 Å². The molecule has 0 aromatic rings. The minimum absolute atomic E-state index is 0.0936. The van der Waals surface area contributed by atoms with E-state index in [1.807, 2.05) is 0 Å². The predicted octanol–water partition coefficient (Wildman–Crippen LogP) is 0.927. The van der Waals surface area contributed by atoms with E-state index in [0.717, 1.165) is 11.8 Å². The normalized spacial score (nSPS) is 16.1. The summed E-state index contributed by atoms with van der Waals surface area (Å²) in [4.78, 5) is 21.0. The molecule has 0 aliphatic carbocycles. The van der Waals surface area contributed by atoms with Crippen molar-refractivity contribution in [3.63, 3.8) is 0 Å². The van der Waals surface area contributed by atoms with Gasteiger partial charge in [-0.25, -0.2) is 4.79 Å². The molecule has 0 fully saturated rings. The number of carbonyl (C=O) groups is 2. The highest BCUT2D eigenvalue weighted by molar-refractivity contribution is 8.14. The maximum absolute atomic E-state index is 10.6. The third kappa shape index (κ3) is 2.27. The van der Waals surface area contributed by atoms with Crippen LogP contribution in [-0.2, 0) is 14.3 Å². The fourth-order valence-electron chi connectivity index (χ4n) is 0.565. The molecule has 0 unspecified atom stereocenters. The summed E-state index contributed by atoms with van der Waals surface area (Å²) < 4.78 is 8.81. The summed E-state index contributed by atoms with van der Waals surface area (Å²) in [7, 11) is 1.22. The van der Waals surface area contributed by atoms with Crippen LogP contribution in [0.3, 0.4) is 0 Å². The average molecular weight is 174 g/mol. The number of carbonyl (C=O) groups excluding carboxylic acids is 2. The van der Waals surface area contributed by atoms with Crippen molar-refractivity contribution in [1.82, 2.24) is 0 Å². The second kappa shape index (κ2) is 3.43. The van der Waals surface area contributed by atoms with Crippen molar-refractivity contribution in [2.24, 2.45) is 0 Å². The third-order valence-electron chi connectivity index (χ3n) is 1.02. The van der Waals surface area contributed by atoms with E-state index in [1.54, 1.807) is 0 Å². The maximum Gasteiger partial charge on any atom is 0.513 e. The van der Waals surface area contributed by atoms with Crippen molar-refractivity contribution >= 4 is 23.0 Å². The molecular weight excluding hydrogens is 168 g/mol. The van der Waals surface area contributed by atoms with Gasteiger partial charge < -0.3 is 9.47 Å². The largest absolute Gasteiger partial charge is 0.513 e. The van der Waals surface area contributed by atoms with Gasteiger partial charge in [0, 0.05) is 6.08 Å². The zero-order valence-corrected chi connectivity index (χ0v) is 6.64. The topological polar surface area (TPSA) is 52.6 Å². The molecule has 0 atom stereocenters. The van der Waals surface area contributed by atoms with Gasteiger partial charge in [0.1, 0.15) is 5.76 Å². The lowest BCUT2D eigenvalue weighted by Crippen LogP contribution is -2.03. The van der Waals surface area contributed by atoms with Crippen LogP contribution in [0, 0.1) is 0 Å². The standard InChI is InChI=1S/C6H6O4S/c1-9-6(8)10-4-2-5(7)11-3-4/h2H,3H2,1H3. The second-order valence-corrected chi connectivity index (χ2v) is 2.75. The molecule has 5 heteroatoms. The molecule has 11 heavy (non-hydrogen) atoms. The first kappa shape index (κ1) is 8.13. The van der Waals surface area contributed by atoms with Gasteiger partial charge in [0.05, 0.1) is 12.9 Å². The zero-order chi connectivity index (χ0) is 8.27. The first-order chi connectivity index (χ1) is 5.22. The van der Waals surface area contributed by atoms with E-state index in [1.165, 1.54) is 13.2 Å². The Morgan fingerprint density at radius 3 is 2.91 bits per heavy atom. The summed E-state index contributed by atoms with van der Waals surface area (Å²) in [6.07, 6.45) is 0.494. The Morgan fingerprint density at radius 1 is 1.73 bits per heavy atom. The summed E-state index contributed by atoms with van der Waals surface area (Å²) in [5.41, 5.74) is 0.